The fourth-order valence-corrected chi connectivity index (χ4v) is 2.56. The van der Waals surface area contributed by atoms with Crippen LogP contribution in [0.15, 0.2) is 0 Å². The summed E-state index contributed by atoms with van der Waals surface area (Å²) in [5, 5.41) is 8.82. The molecule has 2 aliphatic rings. The van der Waals surface area contributed by atoms with Gasteiger partial charge in [-0.2, -0.15) is 0 Å². The molecule has 0 aromatic rings. The van der Waals surface area contributed by atoms with Gasteiger partial charge in [0.15, 0.2) is 0 Å². The van der Waals surface area contributed by atoms with E-state index in [2.05, 4.69) is 6.92 Å². The summed E-state index contributed by atoms with van der Waals surface area (Å²) in [6.07, 6.45) is 5.01. The van der Waals surface area contributed by atoms with Crippen molar-refractivity contribution in [2.45, 2.75) is 45.1 Å². The van der Waals surface area contributed by atoms with E-state index >= 15 is 0 Å². The first-order valence-electron chi connectivity index (χ1n) is 6.14. The molecule has 0 aromatic carbocycles. The van der Waals surface area contributed by atoms with E-state index in [0.29, 0.717) is 6.42 Å². The molecular weight excluding hydrogens is 206 g/mol. The maximum atomic E-state index is 12.1. The number of carbonyl (C=O) groups excluding carboxylic acids is 1. The molecule has 0 aromatic heterocycles. The lowest BCUT2D eigenvalue weighted by Gasteiger charge is -2.27. The number of carboxylic acids is 1. The van der Waals surface area contributed by atoms with Gasteiger partial charge >= 0.3 is 5.97 Å². The highest BCUT2D eigenvalue weighted by atomic mass is 16.4. The van der Waals surface area contributed by atoms with E-state index in [4.69, 9.17) is 5.11 Å². The summed E-state index contributed by atoms with van der Waals surface area (Å²) < 4.78 is 0. The van der Waals surface area contributed by atoms with Crippen LogP contribution in [0.5, 0.6) is 0 Å². The third-order valence-electron chi connectivity index (χ3n) is 3.76. The average molecular weight is 225 g/mol. The van der Waals surface area contributed by atoms with Gasteiger partial charge < -0.3 is 10.0 Å². The molecular formula is C12H19NO3. The van der Waals surface area contributed by atoms with Crippen molar-refractivity contribution in [2.75, 3.05) is 6.54 Å². The molecule has 3 atom stereocenters. The Hall–Kier alpha value is -1.06. The highest BCUT2D eigenvalue weighted by Crippen LogP contribution is 2.40. The number of carbonyl (C=O) groups is 2. The lowest BCUT2D eigenvalue weighted by Crippen LogP contribution is -2.39. The summed E-state index contributed by atoms with van der Waals surface area (Å²) in [7, 11) is 0. The largest absolute Gasteiger partial charge is 0.481 e. The van der Waals surface area contributed by atoms with Gasteiger partial charge in [0.1, 0.15) is 0 Å². The van der Waals surface area contributed by atoms with Crippen LogP contribution in [0.25, 0.3) is 0 Å². The zero-order valence-corrected chi connectivity index (χ0v) is 9.69. The van der Waals surface area contributed by atoms with Crippen LogP contribution in [-0.2, 0) is 9.59 Å². The Labute approximate surface area is 95.6 Å². The fraction of sp³-hybridized carbons (Fsp3) is 0.833. The van der Waals surface area contributed by atoms with E-state index in [9.17, 15) is 9.59 Å². The summed E-state index contributed by atoms with van der Waals surface area (Å²) in [5.74, 6) is -1.40. The standard InChI is InChI=1S/C12H19NO3/c1-8-5-3-2-4-6-13(8)11(14)9-7-10(9)12(15)16/h8-10H,2-7H2,1H3,(H,15,16). The molecule has 0 bridgehead atoms. The summed E-state index contributed by atoms with van der Waals surface area (Å²) in [4.78, 5) is 24.7. The first-order chi connectivity index (χ1) is 7.61. The number of aliphatic carboxylic acids is 1. The first kappa shape index (κ1) is 11.4. The van der Waals surface area contributed by atoms with Crippen molar-refractivity contribution in [1.82, 2.24) is 4.90 Å². The van der Waals surface area contributed by atoms with Gasteiger partial charge in [0, 0.05) is 12.6 Å². The molecule has 1 heterocycles. The van der Waals surface area contributed by atoms with Crippen LogP contribution in [0.2, 0.25) is 0 Å². The minimum atomic E-state index is -0.819. The molecule has 2 fully saturated rings. The molecule has 1 N–H and O–H groups in total. The summed E-state index contributed by atoms with van der Waals surface area (Å²) >= 11 is 0. The van der Waals surface area contributed by atoms with Crippen LogP contribution in [0, 0.1) is 11.8 Å². The Morgan fingerprint density at radius 1 is 1.19 bits per heavy atom. The predicted octanol–water partition coefficient (Wildman–Crippen LogP) is 1.50. The number of likely N-dealkylation sites (tertiary alicyclic amines) is 1. The van der Waals surface area contributed by atoms with Gasteiger partial charge in [-0.05, 0) is 26.2 Å². The van der Waals surface area contributed by atoms with Crippen molar-refractivity contribution >= 4 is 11.9 Å². The minimum Gasteiger partial charge on any atom is -0.481 e. The summed E-state index contributed by atoms with van der Waals surface area (Å²) in [5.41, 5.74) is 0. The average Bonchev–Trinajstić information content (AvgIpc) is 3.00. The predicted molar refractivity (Wildman–Crippen MR) is 58.9 cm³/mol. The molecule has 1 saturated heterocycles. The SMILES string of the molecule is CC1CCCCCN1C(=O)C1CC1C(=O)O. The van der Waals surface area contributed by atoms with Crippen LogP contribution in [-0.4, -0.2) is 34.5 Å². The van der Waals surface area contributed by atoms with Crippen LogP contribution in [0.1, 0.15) is 39.0 Å². The van der Waals surface area contributed by atoms with Gasteiger partial charge in [-0.15, -0.1) is 0 Å². The van der Waals surface area contributed by atoms with Gasteiger partial charge in [-0.1, -0.05) is 12.8 Å². The Morgan fingerprint density at radius 3 is 2.56 bits per heavy atom. The molecule has 0 spiro atoms. The second-order valence-corrected chi connectivity index (χ2v) is 5.02. The van der Waals surface area contributed by atoms with Gasteiger partial charge in [0.2, 0.25) is 5.91 Å². The second-order valence-electron chi connectivity index (χ2n) is 5.02. The number of rotatable bonds is 2. The molecule has 1 aliphatic carbocycles. The summed E-state index contributed by atoms with van der Waals surface area (Å²) in [6.45, 7) is 2.88. The zero-order chi connectivity index (χ0) is 11.7. The molecule has 3 unspecified atom stereocenters. The lowest BCUT2D eigenvalue weighted by molar-refractivity contribution is -0.142. The zero-order valence-electron chi connectivity index (χ0n) is 9.69. The first-order valence-corrected chi connectivity index (χ1v) is 6.14. The van der Waals surface area contributed by atoms with E-state index in [1.165, 1.54) is 12.8 Å². The quantitative estimate of drug-likeness (QED) is 0.774. The molecule has 2 rings (SSSR count). The third kappa shape index (κ3) is 2.20. The normalized spacial score (nSPS) is 34.3. The van der Waals surface area contributed by atoms with Gasteiger partial charge in [0.25, 0.3) is 0 Å². The molecule has 4 nitrogen and oxygen atoms in total. The molecule has 16 heavy (non-hydrogen) atoms. The molecule has 1 aliphatic heterocycles. The molecule has 1 saturated carbocycles. The monoisotopic (exact) mass is 225 g/mol. The fourth-order valence-electron chi connectivity index (χ4n) is 2.56. The molecule has 4 heteroatoms. The van der Waals surface area contributed by atoms with Crippen LogP contribution in [0.3, 0.4) is 0 Å². The number of amides is 1. The molecule has 0 radical (unpaired) electrons. The molecule has 1 amide bonds. The van der Waals surface area contributed by atoms with Crippen molar-refractivity contribution in [3.8, 4) is 0 Å². The van der Waals surface area contributed by atoms with Crippen LogP contribution < -0.4 is 0 Å². The minimum absolute atomic E-state index is 0.0711. The van der Waals surface area contributed by atoms with E-state index in [-0.39, 0.29) is 17.9 Å². The maximum absolute atomic E-state index is 12.1. The highest BCUT2D eigenvalue weighted by molar-refractivity contribution is 5.89. The van der Waals surface area contributed by atoms with Crippen molar-refractivity contribution in [2.24, 2.45) is 11.8 Å². The Balaban J connectivity index is 1.96. The van der Waals surface area contributed by atoms with E-state index < -0.39 is 11.9 Å². The third-order valence-corrected chi connectivity index (χ3v) is 3.76. The Bertz CT molecular complexity index is 303. The smallest absolute Gasteiger partial charge is 0.307 e. The van der Waals surface area contributed by atoms with Crippen molar-refractivity contribution in [3.63, 3.8) is 0 Å². The number of nitrogens with zero attached hydrogens (tertiary/aromatic N) is 1. The second kappa shape index (κ2) is 4.44. The van der Waals surface area contributed by atoms with Crippen LogP contribution >= 0.6 is 0 Å². The number of carboxylic acid groups (broad SMARTS) is 1. The summed E-state index contributed by atoms with van der Waals surface area (Å²) in [6, 6.07) is 0.282. The Kier molecular flexibility index (Phi) is 3.17. The van der Waals surface area contributed by atoms with Crippen molar-refractivity contribution in [1.29, 1.82) is 0 Å². The molecule has 90 valence electrons. The highest BCUT2D eigenvalue weighted by Gasteiger charge is 2.50. The van der Waals surface area contributed by atoms with Crippen LogP contribution in [0.4, 0.5) is 0 Å². The topological polar surface area (TPSA) is 57.6 Å². The van der Waals surface area contributed by atoms with E-state index in [0.717, 1.165) is 19.4 Å². The number of hydrogen-bond donors (Lipinski definition) is 1. The Morgan fingerprint density at radius 2 is 1.94 bits per heavy atom. The van der Waals surface area contributed by atoms with E-state index in [1.54, 1.807) is 0 Å². The number of hydrogen-bond acceptors (Lipinski definition) is 2. The lowest BCUT2D eigenvalue weighted by atomic mass is 10.1. The van der Waals surface area contributed by atoms with E-state index in [1.807, 2.05) is 4.90 Å². The van der Waals surface area contributed by atoms with Gasteiger partial charge in [0.05, 0.1) is 11.8 Å². The maximum Gasteiger partial charge on any atom is 0.307 e. The van der Waals surface area contributed by atoms with Crippen molar-refractivity contribution in [3.05, 3.63) is 0 Å². The van der Waals surface area contributed by atoms with Crippen molar-refractivity contribution < 1.29 is 14.7 Å². The van der Waals surface area contributed by atoms with Gasteiger partial charge in [-0.3, -0.25) is 9.59 Å². The van der Waals surface area contributed by atoms with Gasteiger partial charge in [-0.25, -0.2) is 0 Å².